The molecule has 14 heteroatoms. The minimum atomic E-state index is -4.82. The van der Waals surface area contributed by atoms with Crippen LogP contribution < -0.4 is 0 Å². The molecule has 0 fully saturated rings. The summed E-state index contributed by atoms with van der Waals surface area (Å²) in [5.74, 6) is 0. The van der Waals surface area contributed by atoms with E-state index in [0.29, 0.717) is 44.6 Å². The Morgan fingerprint density at radius 2 is 0.480 bits per heavy atom. The van der Waals surface area contributed by atoms with Gasteiger partial charge in [-0.05, 0) is 196 Å². The van der Waals surface area contributed by atoms with Crippen molar-refractivity contribution in [3.05, 3.63) is 285 Å². The zero-order valence-electron chi connectivity index (χ0n) is 54.4. The highest BCUT2D eigenvalue weighted by Gasteiger charge is 2.40. The second kappa shape index (κ2) is 22.9. The second-order valence-electron chi connectivity index (χ2n) is 25.6. The maximum atomic E-state index is 15.1. The Kier molecular flexibility index (Phi) is 14.7. The van der Waals surface area contributed by atoms with E-state index < -0.39 is 35.2 Å². The monoisotopic (exact) mass is 1310 g/mol. The van der Waals surface area contributed by atoms with Gasteiger partial charge in [-0.15, -0.1) is 0 Å². The van der Waals surface area contributed by atoms with Crippen molar-refractivity contribution in [2.75, 3.05) is 0 Å². The van der Waals surface area contributed by atoms with Crippen LogP contribution in [0.2, 0.25) is 0 Å². The predicted octanol–water partition coefficient (Wildman–Crippen LogP) is 24.5. The van der Waals surface area contributed by atoms with Crippen molar-refractivity contribution in [1.29, 1.82) is 5.26 Å². The quantitative estimate of drug-likeness (QED) is 0.153. The van der Waals surface area contributed by atoms with Gasteiger partial charge < -0.3 is 18.3 Å². The molecule has 0 aliphatic carbocycles. The van der Waals surface area contributed by atoms with Crippen LogP contribution in [0.5, 0.6) is 0 Å². The highest BCUT2D eigenvalue weighted by molar-refractivity contribution is 6.17. The Balaban J connectivity index is 0.000000160. The van der Waals surface area contributed by atoms with Crippen LogP contribution in [0.1, 0.15) is 66.8 Å². The Labute approximate surface area is 557 Å². The second-order valence-corrected chi connectivity index (χ2v) is 25.6. The summed E-state index contributed by atoms with van der Waals surface area (Å²) in [5, 5.41) is 18.0. The van der Waals surface area contributed by atoms with Gasteiger partial charge in [-0.1, -0.05) is 133 Å². The number of benzene rings is 12. The first kappa shape index (κ1) is 62.8. The van der Waals surface area contributed by atoms with Gasteiger partial charge in [0.05, 0.1) is 95.2 Å². The number of aryl methyl sites for hydroxylation is 8. The molecule has 484 valence electrons. The lowest BCUT2D eigenvalue weighted by molar-refractivity contribution is -0.138. The van der Waals surface area contributed by atoms with Crippen LogP contribution in [0.15, 0.2) is 218 Å². The molecule has 12 aromatic carbocycles. The minimum absolute atomic E-state index is 0.00182. The number of rotatable bonds is 6. The number of nitriles is 1. The molecule has 0 aliphatic heterocycles. The van der Waals surface area contributed by atoms with E-state index in [4.69, 9.17) is 0 Å². The number of hydrogen-bond donors (Lipinski definition) is 0. The van der Waals surface area contributed by atoms with Crippen LogP contribution in [0.3, 0.4) is 0 Å². The molecule has 0 N–H and O–H groups in total. The highest BCUT2D eigenvalue weighted by atomic mass is 19.4. The number of nitrogens with zero attached hydrogens (tertiary/aromatic N) is 5. The Hall–Kier alpha value is -11.3. The van der Waals surface area contributed by atoms with Crippen LogP contribution in [-0.4, -0.2) is 18.3 Å². The van der Waals surface area contributed by atoms with Gasteiger partial charge in [-0.2, -0.15) is 44.8 Å². The number of alkyl halides is 9. The molecule has 0 radical (unpaired) electrons. The zero-order valence-corrected chi connectivity index (χ0v) is 54.4. The van der Waals surface area contributed by atoms with E-state index in [1.54, 1.807) is 33.4 Å². The molecule has 0 saturated heterocycles. The first-order chi connectivity index (χ1) is 46.9. The van der Waals surface area contributed by atoms with Gasteiger partial charge in [0.2, 0.25) is 0 Å². The molecule has 4 aromatic heterocycles. The van der Waals surface area contributed by atoms with Gasteiger partial charge in [0, 0.05) is 54.2 Å². The maximum Gasteiger partial charge on any atom is 0.417 e. The summed E-state index contributed by atoms with van der Waals surface area (Å²) in [6.45, 7) is 15.9. The van der Waals surface area contributed by atoms with Crippen molar-refractivity contribution in [2.45, 2.75) is 73.9 Å². The van der Waals surface area contributed by atoms with Crippen LogP contribution in [0.4, 0.5) is 39.5 Å². The molecule has 0 unspecified atom stereocenters. The minimum Gasteiger partial charge on any atom is -0.309 e. The molecule has 4 heterocycles. The fraction of sp³-hybridized carbons (Fsp3) is 0.131. The van der Waals surface area contributed by atoms with Gasteiger partial charge >= 0.3 is 18.5 Å². The molecule has 0 atom stereocenters. The van der Waals surface area contributed by atoms with Gasteiger partial charge in [0.25, 0.3) is 0 Å². The van der Waals surface area contributed by atoms with Gasteiger partial charge in [0.15, 0.2) is 0 Å². The van der Waals surface area contributed by atoms with Crippen LogP contribution in [0.25, 0.3) is 132 Å². The van der Waals surface area contributed by atoms with E-state index in [0.717, 1.165) is 134 Å². The Bertz CT molecular complexity index is 5540. The average molecular weight is 1310 g/mol. The summed E-state index contributed by atoms with van der Waals surface area (Å²) in [6.07, 6.45) is -14.2. The zero-order chi connectivity index (χ0) is 68.8. The molecular weight excluding hydrogens is 1250 g/mol. The molecule has 0 amide bonds. The molecule has 0 saturated carbocycles. The van der Waals surface area contributed by atoms with Crippen LogP contribution >= 0.6 is 0 Å². The third-order valence-electron chi connectivity index (χ3n) is 19.6. The largest absolute Gasteiger partial charge is 0.417 e. The standard InChI is InChI=1S/C42H30F6N2.C42H30F3N3/c1-23-11-7-17-30-36(23)37-24(2)12-8-18-31(37)49(30)34-21-27(41(43,44)45)22-35(40(34)28-15-5-6-16-29(28)42(46,47)48)50-32-19-9-13-25(3)38(32)39-26(4)14-10-20-33(39)50;1-24-11-7-17-31-37(24)38-25(2)12-8-18-32(38)47(31)35-21-28(23-46)22-36(41(35)29-15-5-6-16-30(29)42(43,44)45)48-33-19-9-13-26(3)39(33)40-27(4)14-10-20-34(40)48/h5-22H,1-4H3;5-22H,1-4H3. The first-order valence-corrected chi connectivity index (χ1v) is 32.0. The Morgan fingerprint density at radius 1 is 0.265 bits per heavy atom. The lowest BCUT2D eigenvalue weighted by Gasteiger charge is -2.24. The lowest BCUT2D eigenvalue weighted by Crippen LogP contribution is -2.13. The third-order valence-corrected chi connectivity index (χ3v) is 19.6. The summed E-state index contributed by atoms with van der Waals surface area (Å²) in [4.78, 5) is 0. The molecule has 0 bridgehead atoms. The number of halogens is 9. The van der Waals surface area contributed by atoms with Crippen molar-refractivity contribution in [3.8, 4) is 51.1 Å². The van der Waals surface area contributed by atoms with Crippen molar-refractivity contribution < 1.29 is 39.5 Å². The summed E-state index contributed by atoms with van der Waals surface area (Å²) < 4.78 is 143. The average Bonchev–Trinajstić information content (AvgIpc) is 1.53. The van der Waals surface area contributed by atoms with Crippen LogP contribution in [0, 0.1) is 66.7 Å². The molecule has 0 spiro atoms. The molecule has 98 heavy (non-hydrogen) atoms. The van der Waals surface area contributed by atoms with E-state index >= 15 is 13.2 Å². The SMILES string of the molecule is Cc1cccc2c1c1c(C)cccc1n2-c1cc(C#N)cc(-n2c3cccc(C)c3c3c(C)cccc32)c1-c1ccccc1C(F)(F)F.Cc1cccc2c1c1c(C)cccc1n2-c1cc(C(F)(F)F)cc(-n2c3cccc(C)c3c3c(C)cccc32)c1-c1ccccc1C(F)(F)F. The van der Waals surface area contributed by atoms with Crippen molar-refractivity contribution >= 4 is 87.2 Å². The summed E-state index contributed by atoms with van der Waals surface area (Å²) in [6, 6.07) is 65.1. The highest BCUT2D eigenvalue weighted by Crippen LogP contribution is 2.51. The first-order valence-electron chi connectivity index (χ1n) is 32.0. The summed E-state index contributed by atoms with van der Waals surface area (Å²) in [5.41, 5.74) is 12.7. The van der Waals surface area contributed by atoms with Gasteiger partial charge in [0.1, 0.15) is 0 Å². The molecular formula is C84H60F9N5. The molecule has 16 aromatic rings. The van der Waals surface area contributed by atoms with Gasteiger partial charge in [-0.3, -0.25) is 0 Å². The number of hydrogen-bond acceptors (Lipinski definition) is 1. The molecule has 16 rings (SSSR count). The predicted molar refractivity (Wildman–Crippen MR) is 379 cm³/mol. The van der Waals surface area contributed by atoms with E-state index in [1.165, 1.54) is 24.3 Å². The summed E-state index contributed by atoms with van der Waals surface area (Å²) >= 11 is 0. The van der Waals surface area contributed by atoms with E-state index in [1.807, 2.05) is 158 Å². The van der Waals surface area contributed by atoms with E-state index in [9.17, 15) is 31.6 Å². The van der Waals surface area contributed by atoms with Crippen molar-refractivity contribution in [3.63, 3.8) is 0 Å². The smallest absolute Gasteiger partial charge is 0.309 e. The number of aromatic nitrogens is 4. The normalized spacial score (nSPS) is 12.3. The third kappa shape index (κ3) is 9.75. The molecule has 0 aliphatic rings. The fourth-order valence-electron chi connectivity index (χ4n) is 15.5. The van der Waals surface area contributed by atoms with Crippen LogP contribution in [-0.2, 0) is 18.5 Å². The lowest BCUT2D eigenvalue weighted by atomic mass is 9.93. The van der Waals surface area contributed by atoms with E-state index in [2.05, 4.69) is 58.0 Å². The topological polar surface area (TPSA) is 43.5 Å². The maximum absolute atomic E-state index is 15.1. The fourth-order valence-corrected chi connectivity index (χ4v) is 15.5. The Morgan fingerprint density at radius 3 is 0.684 bits per heavy atom. The number of fused-ring (bicyclic) bond motifs is 12. The van der Waals surface area contributed by atoms with Crippen molar-refractivity contribution in [2.24, 2.45) is 0 Å². The molecule has 5 nitrogen and oxygen atoms in total. The van der Waals surface area contributed by atoms with Gasteiger partial charge in [-0.25, -0.2) is 0 Å². The van der Waals surface area contributed by atoms with Crippen molar-refractivity contribution in [1.82, 2.24) is 18.3 Å². The van der Waals surface area contributed by atoms with E-state index in [-0.39, 0.29) is 28.1 Å². The summed E-state index contributed by atoms with van der Waals surface area (Å²) in [7, 11) is 0.